The number of amides is 1. The lowest BCUT2D eigenvalue weighted by atomic mass is 10.1. The molecule has 9 heteroatoms. The second-order valence-corrected chi connectivity index (χ2v) is 6.56. The molecule has 2 N–H and O–H groups in total. The minimum Gasteiger partial charge on any atom is -0.507 e. The highest BCUT2D eigenvalue weighted by Gasteiger charge is 2.18. The number of carbonyl (C=O) groups is 2. The highest BCUT2D eigenvalue weighted by atomic mass is 35.5. The van der Waals surface area contributed by atoms with Crippen LogP contribution < -0.4 is 5.32 Å². The van der Waals surface area contributed by atoms with Crippen molar-refractivity contribution >= 4 is 64.0 Å². The number of hydrogen-bond donors (Lipinski definition) is 2. The number of hydrogen-bond acceptors (Lipinski definition) is 4. The number of phenolic OH excluding ortho intramolecular Hbond substituents is 1. The summed E-state index contributed by atoms with van der Waals surface area (Å²) < 4.78 is 4.86. The molecule has 2 rings (SSSR count). The van der Waals surface area contributed by atoms with Crippen molar-refractivity contribution in [3.05, 3.63) is 55.5 Å². The summed E-state index contributed by atoms with van der Waals surface area (Å²) in [5.74, 6) is -1.80. The Morgan fingerprint density at radius 3 is 2.24 bits per heavy atom. The first-order valence-corrected chi connectivity index (χ1v) is 8.31. The van der Waals surface area contributed by atoms with Crippen LogP contribution in [0.2, 0.25) is 20.1 Å². The van der Waals surface area contributed by atoms with Gasteiger partial charge in [0, 0.05) is 0 Å². The van der Waals surface area contributed by atoms with Crippen molar-refractivity contribution in [1.29, 1.82) is 0 Å². The van der Waals surface area contributed by atoms with Gasteiger partial charge < -0.3 is 15.2 Å². The highest BCUT2D eigenvalue weighted by molar-refractivity contribution is 6.50. The average molecular weight is 423 g/mol. The van der Waals surface area contributed by atoms with Crippen molar-refractivity contribution in [3.8, 4) is 5.75 Å². The maximum Gasteiger partial charge on any atom is 0.342 e. The van der Waals surface area contributed by atoms with E-state index in [1.807, 2.05) is 0 Å². The van der Waals surface area contributed by atoms with Crippen LogP contribution in [0.4, 0.5) is 5.69 Å². The van der Waals surface area contributed by atoms with Gasteiger partial charge in [-0.15, -0.1) is 0 Å². The van der Waals surface area contributed by atoms with Crippen molar-refractivity contribution in [2.24, 2.45) is 0 Å². The van der Waals surface area contributed by atoms with Gasteiger partial charge in [-0.2, -0.15) is 0 Å². The number of halogens is 4. The molecule has 0 aliphatic carbocycles. The molecule has 0 aromatic heterocycles. The summed E-state index contributed by atoms with van der Waals surface area (Å²) >= 11 is 23.7. The number of benzene rings is 2. The molecule has 0 bridgehead atoms. The van der Waals surface area contributed by atoms with Gasteiger partial charge in [0.05, 0.1) is 25.8 Å². The highest BCUT2D eigenvalue weighted by Crippen LogP contribution is 2.40. The maximum absolute atomic E-state index is 12.0. The van der Waals surface area contributed by atoms with E-state index in [4.69, 9.17) is 51.1 Å². The zero-order valence-electron chi connectivity index (χ0n) is 12.7. The molecule has 0 aliphatic rings. The maximum atomic E-state index is 12.0. The predicted octanol–water partition coefficient (Wildman–Crippen LogP) is 5.11. The molecule has 0 saturated heterocycles. The molecule has 0 heterocycles. The monoisotopic (exact) mass is 421 g/mol. The van der Waals surface area contributed by atoms with Crippen LogP contribution in [0.25, 0.3) is 0 Å². The Kier molecular flexibility index (Phi) is 6.41. The lowest BCUT2D eigenvalue weighted by Gasteiger charge is -2.12. The first-order valence-electron chi connectivity index (χ1n) is 6.80. The third-order valence-corrected chi connectivity index (χ3v) is 4.66. The molecule has 25 heavy (non-hydrogen) atoms. The van der Waals surface area contributed by atoms with Gasteiger partial charge in [0.15, 0.2) is 6.61 Å². The molecule has 0 saturated carbocycles. The molecular weight excluding hydrogens is 412 g/mol. The summed E-state index contributed by atoms with van der Waals surface area (Å²) in [6.45, 7) is 1.13. The van der Waals surface area contributed by atoms with Gasteiger partial charge in [-0.25, -0.2) is 4.79 Å². The van der Waals surface area contributed by atoms with E-state index in [-0.39, 0.29) is 37.1 Å². The molecule has 0 atom stereocenters. The van der Waals surface area contributed by atoms with Crippen LogP contribution in [-0.4, -0.2) is 23.6 Å². The first-order chi connectivity index (χ1) is 11.7. The Balaban J connectivity index is 2.05. The molecule has 0 radical (unpaired) electrons. The van der Waals surface area contributed by atoms with Gasteiger partial charge in [-0.3, -0.25) is 4.79 Å². The van der Waals surface area contributed by atoms with Gasteiger partial charge in [0.1, 0.15) is 11.3 Å². The minimum atomic E-state index is -0.853. The van der Waals surface area contributed by atoms with E-state index in [2.05, 4.69) is 5.32 Å². The van der Waals surface area contributed by atoms with Crippen LogP contribution in [-0.2, 0) is 9.53 Å². The van der Waals surface area contributed by atoms with Gasteiger partial charge >= 0.3 is 5.97 Å². The molecule has 5 nitrogen and oxygen atoms in total. The van der Waals surface area contributed by atoms with E-state index in [1.165, 1.54) is 18.2 Å². The fourth-order valence-electron chi connectivity index (χ4n) is 1.88. The lowest BCUT2D eigenvalue weighted by molar-refractivity contribution is -0.119. The van der Waals surface area contributed by atoms with Crippen LogP contribution in [0, 0.1) is 6.92 Å². The van der Waals surface area contributed by atoms with Crippen LogP contribution in [0.3, 0.4) is 0 Å². The van der Waals surface area contributed by atoms with Crippen LogP contribution in [0.1, 0.15) is 15.9 Å². The number of esters is 1. The summed E-state index contributed by atoms with van der Waals surface area (Å²) in [4.78, 5) is 23.9. The predicted molar refractivity (Wildman–Crippen MR) is 98.2 cm³/mol. The molecule has 0 fully saturated rings. The third-order valence-electron chi connectivity index (χ3n) is 3.08. The van der Waals surface area contributed by atoms with Crippen LogP contribution in [0.5, 0.6) is 5.75 Å². The van der Waals surface area contributed by atoms with Crippen molar-refractivity contribution in [3.63, 3.8) is 0 Å². The topological polar surface area (TPSA) is 75.6 Å². The number of rotatable bonds is 4. The Bertz CT molecular complexity index is 828. The zero-order chi connectivity index (χ0) is 18.7. The van der Waals surface area contributed by atoms with E-state index >= 15 is 0 Å². The third kappa shape index (κ3) is 4.70. The molecule has 1 amide bonds. The first kappa shape index (κ1) is 19.7. The summed E-state index contributed by atoms with van der Waals surface area (Å²) in [5.41, 5.74) is 0.731. The van der Waals surface area contributed by atoms with Crippen LogP contribution in [0.15, 0.2) is 24.3 Å². The number of nitrogens with one attached hydrogen (secondary N) is 1. The zero-order valence-corrected chi connectivity index (χ0v) is 15.7. The second-order valence-electron chi connectivity index (χ2n) is 4.99. The Morgan fingerprint density at radius 2 is 1.68 bits per heavy atom. The Labute approximate surface area is 163 Å². The van der Waals surface area contributed by atoms with Crippen molar-refractivity contribution in [2.45, 2.75) is 6.92 Å². The molecule has 0 unspecified atom stereocenters. The van der Waals surface area contributed by atoms with E-state index in [0.29, 0.717) is 0 Å². The van der Waals surface area contributed by atoms with E-state index in [0.717, 1.165) is 5.56 Å². The molecule has 2 aromatic rings. The summed E-state index contributed by atoms with van der Waals surface area (Å²) in [5, 5.41) is 12.3. The summed E-state index contributed by atoms with van der Waals surface area (Å²) in [6, 6.07) is 5.77. The quantitative estimate of drug-likeness (QED) is 0.530. The van der Waals surface area contributed by atoms with Gasteiger partial charge in [-0.1, -0.05) is 52.5 Å². The standard InChI is InChI=1S/C16H11Cl4NO4/c1-7-2-3-8(11(22)4-7)16(24)25-6-12(23)21-15-13(19)9(17)5-10(18)14(15)20/h2-5,22H,6H2,1H3,(H,21,23). The van der Waals surface area contributed by atoms with Crippen LogP contribution >= 0.6 is 46.4 Å². The number of aryl methyl sites for hydroxylation is 1. The second kappa shape index (κ2) is 8.15. The van der Waals surface area contributed by atoms with Crippen molar-refractivity contribution < 1.29 is 19.4 Å². The summed E-state index contributed by atoms with van der Waals surface area (Å²) in [6.07, 6.45) is 0. The number of carbonyl (C=O) groups excluding carboxylic acids is 2. The van der Waals surface area contributed by atoms with E-state index in [1.54, 1.807) is 13.0 Å². The van der Waals surface area contributed by atoms with Gasteiger partial charge in [-0.05, 0) is 30.7 Å². The minimum absolute atomic E-state index is 0.00641. The summed E-state index contributed by atoms with van der Waals surface area (Å²) in [7, 11) is 0. The molecule has 0 spiro atoms. The normalized spacial score (nSPS) is 10.4. The van der Waals surface area contributed by atoms with Crippen molar-refractivity contribution in [1.82, 2.24) is 0 Å². The SMILES string of the molecule is Cc1ccc(C(=O)OCC(=O)Nc2c(Cl)c(Cl)cc(Cl)c2Cl)c(O)c1. The molecule has 132 valence electrons. The smallest absolute Gasteiger partial charge is 0.342 e. The largest absolute Gasteiger partial charge is 0.507 e. The number of ether oxygens (including phenoxy) is 1. The fourth-order valence-corrected chi connectivity index (χ4v) is 2.79. The lowest BCUT2D eigenvalue weighted by Crippen LogP contribution is -2.21. The fraction of sp³-hybridized carbons (Fsp3) is 0.125. The number of aromatic hydroxyl groups is 1. The van der Waals surface area contributed by atoms with Gasteiger partial charge in [0.25, 0.3) is 5.91 Å². The number of anilines is 1. The van der Waals surface area contributed by atoms with E-state index < -0.39 is 18.5 Å². The van der Waals surface area contributed by atoms with E-state index in [9.17, 15) is 14.7 Å². The molecule has 2 aromatic carbocycles. The Hall–Kier alpha value is -1.66. The van der Waals surface area contributed by atoms with Crippen molar-refractivity contribution in [2.75, 3.05) is 11.9 Å². The Morgan fingerprint density at radius 1 is 1.08 bits per heavy atom. The number of phenols is 1. The molecular formula is C16H11Cl4NO4. The average Bonchev–Trinajstić information content (AvgIpc) is 2.54. The molecule has 0 aliphatic heterocycles. The van der Waals surface area contributed by atoms with Gasteiger partial charge in [0.2, 0.25) is 0 Å².